The first-order valence-corrected chi connectivity index (χ1v) is 14.1. The molecule has 4 aromatic rings. The highest BCUT2D eigenvalue weighted by Gasteiger charge is 2.49. The number of aromatic hydroxyl groups is 1. The Labute approximate surface area is 239 Å². The van der Waals surface area contributed by atoms with Crippen molar-refractivity contribution in [3.63, 3.8) is 0 Å². The van der Waals surface area contributed by atoms with E-state index in [4.69, 9.17) is 15.9 Å². The maximum absolute atomic E-state index is 16.7. The summed E-state index contributed by atoms with van der Waals surface area (Å²) in [4.78, 5) is 17.9. The van der Waals surface area contributed by atoms with Gasteiger partial charge in [-0.2, -0.15) is 9.97 Å². The van der Waals surface area contributed by atoms with Gasteiger partial charge in [-0.25, -0.2) is 18.2 Å². The third-order valence-electron chi connectivity index (χ3n) is 9.22. The predicted molar refractivity (Wildman–Crippen MR) is 150 cm³/mol. The predicted octanol–water partition coefficient (Wildman–Crippen LogP) is 4.74. The fraction of sp³-hybridized carbons (Fsp3) is 0.387. The number of fused-ring (bicyclic) bond motifs is 4. The van der Waals surface area contributed by atoms with Gasteiger partial charge < -0.3 is 19.5 Å². The van der Waals surface area contributed by atoms with Gasteiger partial charge in [0, 0.05) is 30.5 Å². The summed E-state index contributed by atoms with van der Waals surface area (Å²) in [6.45, 7) is 2.38. The van der Waals surface area contributed by atoms with Crippen molar-refractivity contribution in [3.8, 4) is 41.2 Å². The summed E-state index contributed by atoms with van der Waals surface area (Å²) >= 11 is 0. The normalized spacial score (nSPS) is 24.6. The Hall–Kier alpha value is -4.30. The van der Waals surface area contributed by atoms with Gasteiger partial charge in [0.15, 0.2) is 5.82 Å². The quantitative estimate of drug-likeness (QED) is 0.351. The average molecular weight is 574 g/mol. The Bertz CT molecular complexity index is 1850. The minimum Gasteiger partial charge on any atom is -0.508 e. The van der Waals surface area contributed by atoms with Crippen LogP contribution in [-0.2, 0) is 0 Å². The molecule has 3 fully saturated rings. The molecule has 0 aliphatic carbocycles. The number of rotatable bonds is 4. The molecule has 11 heteroatoms. The van der Waals surface area contributed by atoms with Crippen molar-refractivity contribution in [1.82, 2.24) is 19.9 Å². The van der Waals surface area contributed by atoms with Gasteiger partial charge in [0.05, 0.1) is 17.1 Å². The number of nitrogens with zero attached hydrogens (tertiary/aromatic N) is 5. The molecule has 42 heavy (non-hydrogen) atoms. The molecule has 0 saturated carbocycles. The number of phenols is 1. The summed E-state index contributed by atoms with van der Waals surface area (Å²) < 4.78 is 58.0. The molecule has 0 amide bonds. The van der Waals surface area contributed by atoms with Gasteiger partial charge in [0.2, 0.25) is 5.88 Å². The number of phenolic OH excluding ortho intramolecular Hbond substituents is 1. The maximum Gasteiger partial charge on any atom is 0.319 e. The molecule has 4 aliphatic heterocycles. The number of pyridine rings is 1. The van der Waals surface area contributed by atoms with E-state index in [1.807, 2.05) is 4.90 Å². The Morgan fingerprint density at radius 2 is 2.05 bits per heavy atom. The topological polar surface area (TPSA) is 83.8 Å². The lowest BCUT2D eigenvalue weighted by Gasteiger charge is -2.40. The summed E-state index contributed by atoms with van der Waals surface area (Å²) in [6.07, 6.45) is 7.75. The summed E-state index contributed by atoms with van der Waals surface area (Å²) in [5.74, 6) is 1.32. The number of hydrogen-bond donors (Lipinski definition) is 1. The second-order valence-electron chi connectivity index (χ2n) is 11.6. The van der Waals surface area contributed by atoms with E-state index in [-0.39, 0.29) is 58.0 Å². The molecule has 214 valence electrons. The molecule has 6 heterocycles. The summed E-state index contributed by atoms with van der Waals surface area (Å²) in [7, 11) is 0. The first-order chi connectivity index (χ1) is 20.3. The molecule has 3 saturated heterocycles. The Morgan fingerprint density at radius 1 is 1.17 bits per heavy atom. The fourth-order valence-corrected chi connectivity index (χ4v) is 7.13. The van der Waals surface area contributed by atoms with Crippen LogP contribution in [0.2, 0.25) is 0 Å². The van der Waals surface area contributed by atoms with E-state index in [2.05, 4.69) is 25.8 Å². The molecule has 8 nitrogen and oxygen atoms in total. The van der Waals surface area contributed by atoms with E-state index < -0.39 is 23.3 Å². The highest BCUT2D eigenvalue weighted by molar-refractivity contribution is 6.04. The fourth-order valence-electron chi connectivity index (χ4n) is 7.13. The number of alkyl halides is 1. The van der Waals surface area contributed by atoms with E-state index in [1.54, 1.807) is 0 Å². The Balaban J connectivity index is 1.32. The van der Waals surface area contributed by atoms with E-state index in [9.17, 15) is 13.9 Å². The SMILES string of the molecule is C#Cc1c(F)ccc2cc(O)cc(-c3nc4c5c(nc(OC[C@@]67CCCN6C[C@H](F)C7)nc5c3F)N3CC[C@H]3CO4)c12. The van der Waals surface area contributed by atoms with Gasteiger partial charge >= 0.3 is 6.01 Å². The molecular weight excluding hydrogens is 547 g/mol. The van der Waals surface area contributed by atoms with Gasteiger partial charge in [-0.15, -0.1) is 6.42 Å². The number of benzene rings is 2. The van der Waals surface area contributed by atoms with Gasteiger partial charge in [0.25, 0.3) is 0 Å². The molecule has 0 unspecified atom stereocenters. The second kappa shape index (κ2) is 9.10. The molecule has 0 radical (unpaired) electrons. The van der Waals surface area contributed by atoms with Crippen LogP contribution in [-0.4, -0.2) is 75.6 Å². The minimum absolute atomic E-state index is 0.0199. The van der Waals surface area contributed by atoms with Crippen LogP contribution >= 0.6 is 0 Å². The van der Waals surface area contributed by atoms with Crippen molar-refractivity contribution in [1.29, 1.82) is 0 Å². The Kier molecular flexibility index (Phi) is 5.51. The van der Waals surface area contributed by atoms with Gasteiger partial charge in [0.1, 0.15) is 53.4 Å². The number of anilines is 1. The van der Waals surface area contributed by atoms with E-state index in [0.717, 1.165) is 25.8 Å². The zero-order chi connectivity index (χ0) is 28.7. The van der Waals surface area contributed by atoms with Crippen LogP contribution in [0.25, 0.3) is 32.9 Å². The maximum atomic E-state index is 16.7. The van der Waals surface area contributed by atoms with Crippen molar-refractivity contribution in [3.05, 3.63) is 41.5 Å². The van der Waals surface area contributed by atoms with Crippen molar-refractivity contribution in [2.75, 3.05) is 37.7 Å². The zero-order valence-corrected chi connectivity index (χ0v) is 22.5. The highest BCUT2D eigenvalue weighted by atomic mass is 19.1. The Morgan fingerprint density at radius 3 is 2.86 bits per heavy atom. The largest absolute Gasteiger partial charge is 0.508 e. The van der Waals surface area contributed by atoms with Gasteiger partial charge in [-0.1, -0.05) is 12.0 Å². The second-order valence-corrected chi connectivity index (χ2v) is 11.6. The highest BCUT2D eigenvalue weighted by Crippen LogP contribution is 2.45. The van der Waals surface area contributed by atoms with Crippen molar-refractivity contribution < 1.29 is 27.8 Å². The molecule has 1 N–H and O–H groups in total. The summed E-state index contributed by atoms with van der Waals surface area (Å²) in [6, 6.07) is 5.40. The zero-order valence-electron chi connectivity index (χ0n) is 22.5. The average Bonchev–Trinajstić information content (AvgIpc) is 3.44. The van der Waals surface area contributed by atoms with Crippen LogP contribution in [0.3, 0.4) is 0 Å². The van der Waals surface area contributed by atoms with E-state index in [0.29, 0.717) is 42.7 Å². The molecule has 8 rings (SSSR count). The van der Waals surface area contributed by atoms with Crippen LogP contribution in [0.1, 0.15) is 31.2 Å². The number of aromatic nitrogens is 3. The lowest BCUT2D eigenvalue weighted by atomic mass is 9.95. The smallest absolute Gasteiger partial charge is 0.319 e. The third kappa shape index (κ3) is 3.64. The van der Waals surface area contributed by atoms with Crippen molar-refractivity contribution >= 4 is 27.5 Å². The van der Waals surface area contributed by atoms with Crippen LogP contribution in [0.5, 0.6) is 17.6 Å². The summed E-state index contributed by atoms with van der Waals surface area (Å²) in [5.41, 5.74) is -0.676. The number of terminal acetylenes is 1. The molecule has 2 aromatic heterocycles. The number of halogens is 3. The van der Waals surface area contributed by atoms with Crippen molar-refractivity contribution in [2.45, 2.75) is 43.4 Å². The van der Waals surface area contributed by atoms with Gasteiger partial charge in [-0.05, 0) is 49.4 Å². The number of ether oxygens (including phenoxy) is 2. The molecular formula is C31H26F3N5O3. The monoisotopic (exact) mass is 573 g/mol. The minimum atomic E-state index is -0.918. The lowest BCUT2D eigenvalue weighted by Crippen LogP contribution is -2.50. The number of hydrogen-bond acceptors (Lipinski definition) is 8. The molecule has 3 atom stereocenters. The van der Waals surface area contributed by atoms with E-state index >= 15 is 4.39 Å². The van der Waals surface area contributed by atoms with E-state index in [1.165, 1.54) is 24.3 Å². The van der Waals surface area contributed by atoms with Crippen LogP contribution < -0.4 is 14.4 Å². The molecule has 0 bridgehead atoms. The first-order valence-electron chi connectivity index (χ1n) is 14.1. The molecule has 0 spiro atoms. The van der Waals surface area contributed by atoms with Crippen molar-refractivity contribution in [2.24, 2.45) is 0 Å². The first kappa shape index (κ1) is 25.4. The van der Waals surface area contributed by atoms with Gasteiger partial charge in [-0.3, -0.25) is 4.90 Å². The lowest BCUT2D eigenvalue weighted by molar-refractivity contribution is 0.107. The summed E-state index contributed by atoms with van der Waals surface area (Å²) in [5, 5.41) is 11.5. The third-order valence-corrected chi connectivity index (χ3v) is 9.22. The van der Waals surface area contributed by atoms with Crippen LogP contribution in [0.4, 0.5) is 19.0 Å². The standard InChI is InChI=1S/C31H26F3N5O3/c1-2-20-22(33)5-4-16-10-19(40)11-21(23(16)20)26-25(34)27-24-28(39-9-6-18(39)14-41-29(24)35-26)37-30(36-27)42-15-31-7-3-8-38(31)13-17(32)12-31/h1,4-5,10-11,17-18,40H,3,6-9,12-15H2/t17-,18+,31+/m1/s1. The van der Waals surface area contributed by atoms with Crippen LogP contribution in [0, 0.1) is 24.0 Å². The molecule has 4 aliphatic rings. The molecule has 2 aromatic carbocycles. The van der Waals surface area contributed by atoms with Crippen LogP contribution in [0.15, 0.2) is 24.3 Å².